The number of benzene rings is 3. The van der Waals surface area contributed by atoms with E-state index in [9.17, 15) is 0 Å². The summed E-state index contributed by atoms with van der Waals surface area (Å²) in [5, 5.41) is 4.74. The van der Waals surface area contributed by atoms with Gasteiger partial charge in [-0.15, -0.1) is 34.9 Å². The fourth-order valence-corrected chi connectivity index (χ4v) is 6.85. The largest absolute Gasteiger partial charge is 0.303 e. The predicted molar refractivity (Wildman–Crippen MR) is 186 cm³/mol. The topological polar surface area (TPSA) is 51.6 Å². The van der Waals surface area contributed by atoms with Gasteiger partial charge in [-0.05, 0) is 57.4 Å². The molecule has 0 saturated heterocycles. The second-order valence-electron chi connectivity index (χ2n) is 9.85. The van der Waals surface area contributed by atoms with Crippen molar-refractivity contribution in [1.29, 1.82) is 0 Å². The van der Waals surface area contributed by atoms with E-state index in [0.29, 0.717) is 0 Å². The Morgan fingerprint density at radius 1 is 0.444 bits per heavy atom. The molecule has 4 nitrogen and oxygen atoms in total. The maximum atomic E-state index is 4.35. The summed E-state index contributed by atoms with van der Waals surface area (Å²) < 4.78 is 2.58. The molecule has 0 saturated carbocycles. The zero-order valence-electron chi connectivity index (χ0n) is 23.9. The number of hydrogen-bond donors (Lipinski definition) is 0. The number of pyridine rings is 4. The average molecular weight is 794 g/mol. The fourth-order valence-electron chi connectivity index (χ4n) is 4.83. The van der Waals surface area contributed by atoms with Crippen LogP contribution < -0.4 is 0 Å². The minimum Gasteiger partial charge on any atom is -0.303 e. The molecule has 0 bridgehead atoms. The summed E-state index contributed by atoms with van der Waals surface area (Å²) in [5.41, 5.74) is 4.01. The van der Waals surface area contributed by atoms with Crippen molar-refractivity contribution in [2.75, 3.05) is 0 Å². The second-order valence-corrected chi connectivity index (χ2v) is 12.0. The van der Waals surface area contributed by atoms with E-state index in [-0.39, 0.29) is 20.1 Å². The van der Waals surface area contributed by atoms with E-state index in [0.717, 1.165) is 38.1 Å². The van der Waals surface area contributed by atoms with Crippen LogP contribution in [0, 0.1) is 6.07 Å². The van der Waals surface area contributed by atoms with Crippen LogP contribution >= 0.6 is 22.7 Å². The van der Waals surface area contributed by atoms with Crippen molar-refractivity contribution in [1.82, 2.24) is 19.9 Å². The molecule has 0 aliphatic rings. The zero-order valence-corrected chi connectivity index (χ0v) is 27.9. The molecule has 0 amide bonds. The van der Waals surface area contributed by atoms with Crippen LogP contribution in [-0.2, 0) is 20.1 Å². The van der Waals surface area contributed by atoms with Gasteiger partial charge in [-0.25, -0.2) is 11.3 Å². The molecule has 9 aromatic rings. The Hall–Kier alpha value is -4.65. The van der Waals surface area contributed by atoms with Crippen molar-refractivity contribution in [3.05, 3.63) is 158 Å². The smallest absolute Gasteiger partial charge is 0.0964 e. The number of nitrogens with zero attached hydrogens (tertiary/aromatic N) is 4. The van der Waals surface area contributed by atoms with Crippen LogP contribution in [0.4, 0.5) is 0 Å². The quantitative estimate of drug-likeness (QED) is 0.129. The third-order valence-electron chi connectivity index (χ3n) is 6.93. The molecule has 219 valence electrons. The molecule has 0 aliphatic heterocycles. The van der Waals surface area contributed by atoms with Crippen molar-refractivity contribution in [3.8, 4) is 21.1 Å². The molecule has 0 N–H and O–H groups in total. The van der Waals surface area contributed by atoms with Crippen LogP contribution in [0.3, 0.4) is 0 Å². The van der Waals surface area contributed by atoms with Crippen molar-refractivity contribution < 1.29 is 20.1 Å². The Labute approximate surface area is 282 Å². The van der Waals surface area contributed by atoms with Gasteiger partial charge in [0.05, 0.1) is 21.6 Å². The number of aromatic nitrogens is 4. The van der Waals surface area contributed by atoms with Gasteiger partial charge in [0.25, 0.3) is 0 Å². The molecule has 0 fully saturated rings. The zero-order chi connectivity index (χ0) is 29.6. The Bertz CT molecular complexity index is 2070. The third-order valence-corrected chi connectivity index (χ3v) is 9.16. The van der Waals surface area contributed by atoms with Gasteiger partial charge in [-0.1, -0.05) is 72.8 Å². The molecule has 0 spiro atoms. The van der Waals surface area contributed by atoms with Gasteiger partial charge in [0.2, 0.25) is 0 Å². The Morgan fingerprint density at radius 3 is 1.62 bits per heavy atom. The molecule has 6 heterocycles. The monoisotopic (exact) mass is 794 g/mol. The van der Waals surface area contributed by atoms with E-state index in [1.165, 1.54) is 25.0 Å². The molecule has 0 aliphatic carbocycles. The van der Waals surface area contributed by atoms with E-state index in [4.69, 9.17) is 0 Å². The fraction of sp³-hybridized carbons (Fsp3) is 0. The average Bonchev–Trinajstić information content (AvgIpc) is 3.75. The van der Waals surface area contributed by atoms with Gasteiger partial charge in [-0.2, -0.15) is 0 Å². The molecule has 6 aromatic heterocycles. The Morgan fingerprint density at radius 2 is 1.00 bits per heavy atom. The Kier molecular flexibility index (Phi) is 9.73. The van der Waals surface area contributed by atoms with Crippen LogP contribution in [0.15, 0.2) is 152 Å². The molecule has 0 atom stereocenters. The van der Waals surface area contributed by atoms with Gasteiger partial charge in [-0.3, -0.25) is 15.0 Å². The second kappa shape index (κ2) is 14.4. The summed E-state index contributed by atoms with van der Waals surface area (Å²) in [7, 11) is 0. The Balaban J connectivity index is 0.000000118. The molecular formula is C38H25IrN4S2-. The predicted octanol–water partition coefficient (Wildman–Crippen LogP) is 10.5. The maximum absolute atomic E-state index is 4.35. The van der Waals surface area contributed by atoms with Gasteiger partial charge in [0.1, 0.15) is 0 Å². The molecule has 45 heavy (non-hydrogen) atoms. The summed E-state index contributed by atoms with van der Waals surface area (Å²) >= 11 is 3.52. The van der Waals surface area contributed by atoms with Crippen molar-refractivity contribution >= 4 is 64.7 Å². The van der Waals surface area contributed by atoms with Crippen molar-refractivity contribution in [3.63, 3.8) is 0 Å². The number of rotatable bonds is 2. The summed E-state index contributed by atoms with van der Waals surface area (Å²) in [5.74, 6) is 0. The summed E-state index contributed by atoms with van der Waals surface area (Å²) in [6.07, 6.45) is 7.25. The van der Waals surface area contributed by atoms with Crippen LogP contribution in [0.25, 0.3) is 63.1 Å². The number of fused-ring (bicyclic) bond motifs is 5. The van der Waals surface area contributed by atoms with Gasteiger partial charge in [0.15, 0.2) is 0 Å². The molecule has 3 aromatic carbocycles. The van der Waals surface area contributed by atoms with Crippen molar-refractivity contribution in [2.45, 2.75) is 0 Å². The van der Waals surface area contributed by atoms with E-state index >= 15 is 0 Å². The van der Waals surface area contributed by atoms with Crippen molar-refractivity contribution in [2.24, 2.45) is 0 Å². The summed E-state index contributed by atoms with van der Waals surface area (Å²) in [6, 6.07) is 46.4. The van der Waals surface area contributed by atoms with E-state index < -0.39 is 0 Å². The van der Waals surface area contributed by atoms with Gasteiger partial charge < -0.3 is 4.98 Å². The normalized spacial score (nSPS) is 10.5. The maximum Gasteiger partial charge on any atom is 0.0964 e. The first-order chi connectivity index (χ1) is 21.8. The molecule has 9 rings (SSSR count). The molecule has 1 radical (unpaired) electrons. The summed E-state index contributed by atoms with van der Waals surface area (Å²) in [4.78, 5) is 19.7. The molecule has 7 heteroatoms. The summed E-state index contributed by atoms with van der Waals surface area (Å²) in [6.45, 7) is 0. The van der Waals surface area contributed by atoms with Crippen LogP contribution in [0.5, 0.6) is 0 Å². The minimum atomic E-state index is 0. The molecular weight excluding hydrogens is 769 g/mol. The van der Waals surface area contributed by atoms with Gasteiger partial charge in [0, 0.05) is 66.1 Å². The SMILES string of the molecule is [Ir].[c-]1c(-c2ccccn2)sc2ccccc12.c1ccc(-c2cc3ccccc3s2)nc1.c1cnc2c(c1)ccc1cccnc12. The van der Waals surface area contributed by atoms with Gasteiger partial charge >= 0.3 is 0 Å². The van der Waals surface area contributed by atoms with Crippen LogP contribution in [-0.4, -0.2) is 19.9 Å². The van der Waals surface area contributed by atoms with E-state index in [1.54, 1.807) is 35.1 Å². The number of hydrogen-bond acceptors (Lipinski definition) is 6. The first kappa shape index (κ1) is 30.4. The van der Waals surface area contributed by atoms with E-state index in [2.05, 4.69) is 98.8 Å². The first-order valence-electron chi connectivity index (χ1n) is 14.1. The molecule has 0 unspecified atom stereocenters. The third kappa shape index (κ3) is 7.03. The first-order valence-corrected chi connectivity index (χ1v) is 15.8. The standard InChI is InChI=1S/C13H9NS.C13H8NS.C12H8N2.Ir/c2*1-2-7-12-10(5-1)9-13(15-12)11-6-3-4-8-14-11;1-3-9-5-6-10-4-2-8-14-12(10)11(9)13-7-1;/h1-9H;1-8H;1-8H;/q;-1;;. The minimum absolute atomic E-state index is 0. The van der Waals surface area contributed by atoms with Crippen LogP contribution in [0.1, 0.15) is 0 Å². The van der Waals surface area contributed by atoms with E-state index in [1.807, 2.05) is 67.0 Å². The van der Waals surface area contributed by atoms with Crippen LogP contribution in [0.2, 0.25) is 0 Å². The number of thiophene rings is 2.